The molecule has 3 aromatic rings. The molecule has 1 unspecified atom stereocenters. The number of ether oxygens (including phenoxy) is 2. The van der Waals surface area contributed by atoms with Gasteiger partial charge in [-0.3, -0.25) is 9.59 Å². The van der Waals surface area contributed by atoms with Crippen LogP contribution in [0.25, 0.3) is 0 Å². The van der Waals surface area contributed by atoms with E-state index >= 15 is 0 Å². The summed E-state index contributed by atoms with van der Waals surface area (Å²) in [4.78, 5) is 24.3. The van der Waals surface area contributed by atoms with Gasteiger partial charge in [0.2, 0.25) is 5.89 Å². The molecule has 0 fully saturated rings. The van der Waals surface area contributed by atoms with Crippen LogP contribution in [0.1, 0.15) is 28.7 Å². The number of nitrogens with one attached hydrogen (secondary N) is 1. The average molecular weight is 425 g/mol. The monoisotopic (exact) mass is 425 g/mol. The second-order valence-electron chi connectivity index (χ2n) is 6.66. The van der Waals surface area contributed by atoms with Crippen LogP contribution >= 0.6 is 11.8 Å². The lowest BCUT2D eigenvalue weighted by atomic mass is 10.1. The summed E-state index contributed by atoms with van der Waals surface area (Å²) in [6.07, 6.45) is 0.490. The molecule has 1 atom stereocenters. The van der Waals surface area contributed by atoms with Crippen molar-refractivity contribution in [3.63, 3.8) is 0 Å². The number of benzene rings is 2. The van der Waals surface area contributed by atoms with E-state index in [-0.39, 0.29) is 18.3 Å². The molecule has 8 nitrogen and oxygen atoms in total. The molecule has 2 heterocycles. The number of hydrogen-bond donors (Lipinski definition) is 1. The van der Waals surface area contributed by atoms with Crippen molar-refractivity contribution in [2.75, 3.05) is 19.0 Å². The molecule has 30 heavy (non-hydrogen) atoms. The summed E-state index contributed by atoms with van der Waals surface area (Å²) in [5, 5.41) is 10.7. The van der Waals surface area contributed by atoms with E-state index in [1.807, 2.05) is 24.3 Å². The first kappa shape index (κ1) is 20.0. The van der Waals surface area contributed by atoms with Crippen LogP contribution in [-0.4, -0.2) is 40.9 Å². The fourth-order valence-corrected chi connectivity index (χ4v) is 3.73. The predicted octanol–water partition coefficient (Wildman–Crippen LogP) is 3.36. The zero-order valence-electron chi connectivity index (χ0n) is 16.4. The number of carbonyl (C=O) groups is 2. The molecule has 0 radical (unpaired) electrons. The summed E-state index contributed by atoms with van der Waals surface area (Å²) >= 11 is 1.19. The Kier molecular flexibility index (Phi) is 5.71. The second kappa shape index (κ2) is 8.58. The largest absolute Gasteiger partial charge is 0.497 e. The highest BCUT2D eigenvalue weighted by Gasteiger charge is 2.23. The molecule has 0 aliphatic carbocycles. The lowest BCUT2D eigenvalue weighted by Gasteiger charge is -2.18. The van der Waals surface area contributed by atoms with Gasteiger partial charge in [-0.2, -0.15) is 0 Å². The van der Waals surface area contributed by atoms with Crippen LogP contribution in [0.5, 0.6) is 11.5 Å². The van der Waals surface area contributed by atoms with Crippen molar-refractivity contribution in [1.82, 2.24) is 10.2 Å². The normalized spacial score (nSPS) is 13.7. The van der Waals surface area contributed by atoms with Gasteiger partial charge >= 0.3 is 0 Å². The van der Waals surface area contributed by atoms with Gasteiger partial charge in [-0.25, -0.2) is 0 Å². The molecule has 0 saturated heterocycles. The van der Waals surface area contributed by atoms with Gasteiger partial charge in [-0.15, -0.1) is 10.2 Å². The standard InChI is InChI=1S/C21H19N3O5S/c1-12(20(26)14-5-8-17-16(10-14)22-18(25)11-28-17)30-21-24-23-19(29-21)9-13-3-6-15(27-2)7-4-13/h3-8,10,12H,9,11H2,1-2H3,(H,22,25). The van der Waals surface area contributed by atoms with Gasteiger partial charge < -0.3 is 19.2 Å². The molecule has 1 aliphatic rings. The minimum Gasteiger partial charge on any atom is -0.497 e. The minimum absolute atomic E-state index is 0.0252. The molecular formula is C21H19N3O5S. The maximum atomic E-state index is 12.8. The number of thioether (sulfide) groups is 1. The van der Waals surface area contributed by atoms with Gasteiger partial charge in [-0.1, -0.05) is 23.9 Å². The van der Waals surface area contributed by atoms with Gasteiger partial charge in [-0.05, 0) is 42.8 Å². The molecule has 0 bridgehead atoms. The first-order chi connectivity index (χ1) is 14.5. The van der Waals surface area contributed by atoms with E-state index in [0.29, 0.717) is 34.5 Å². The van der Waals surface area contributed by atoms with Crippen molar-refractivity contribution in [1.29, 1.82) is 0 Å². The van der Waals surface area contributed by atoms with Crippen LogP contribution in [0.15, 0.2) is 52.1 Å². The first-order valence-corrected chi connectivity index (χ1v) is 10.1. The Balaban J connectivity index is 1.40. The Morgan fingerprint density at radius 1 is 1.23 bits per heavy atom. The lowest BCUT2D eigenvalue weighted by Crippen LogP contribution is -2.25. The van der Waals surface area contributed by atoms with E-state index in [9.17, 15) is 9.59 Å². The topological polar surface area (TPSA) is 104 Å². The third-order valence-corrected chi connectivity index (χ3v) is 5.44. The number of carbonyl (C=O) groups excluding carboxylic acids is 2. The van der Waals surface area contributed by atoms with E-state index in [2.05, 4.69) is 15.5 Å². The van der Waals surface area contributed by atoms with Gasteiger partial charge in [0.1, 0.15) is 11.5 Å². The summed E-state index contributed by atoms with van der Waals surface area (Å²) in [6, 6.07) is 12.6. The van der Waals surface area contributed by atoms with Gasteiger partial charge in [0.05, 0.1) is 24.5 Å². The predicted molar refractivity (Wildman–Crippen MR) is 110 cm³/mol. The van der Waals surface area contributed by atoms with Crippen molar-refractivity contribution in [3.8, 4) is 11.5 Å². The molecule has 9 heteroatoms. The fourth-order valence-electron chi connectivity index (χ4n) is 2.95. The molecule has 0 spiro atoms. The zero-order chi connectivity index (χ0) is 21.1. The number of fused-ring (bicyclic) bond motifs is 1. The molecule has 1 aromatic heterocycles. The third-order valence-electron chi connectivity index (χ3n) is 4.51. The van der Waals surface area contributed by atoms with Crippen LogP contribution in [0.3, 0.4) is 0 Å². The number of Topliss-reactive ketones (excluding diaryl/α,β-unsaturated/α-hetero) is 1. The number of amides is 1. The Morgan fingerprint density at radius 2 is 2.03 bits per heavy atom. The number of hydrogen-bond acceptors (Lipinski definition) is 8. The second-order valence-corrected chi connectivity index (χ2v) is 7.95. The molecule has 1 amide bonds. The summed E-state index contributed by atoms with van der Waals surface area (Å²) < 4.78 is 16.2. The highest BCUT2D eigenvalue weighted by Crippen LogP contribution is 2.31. The highest BCUT2D eigenvalue weighted by molar-refractivity contribution is 8.00. The molecule has 2 aromatic carbocycles. The van der Waals surface area contributed by atoms with Crippen LogP contribution in [0.4, 0.5) is 5.69 Å². The van der Waals surface area contributed by atoms with Crippen molar-refractivity contribution in [2.24, 2.45) is 0 Å². The van der Waals surface area contributed by atoms with Crippen LogP contribution < -0.4 is 14.8 Å². The Morgan fingerprint density at radius 3 is 2.80 bits per heavy atom. The highest BCUT2D eigenvalue weighted by atomic mass is 32.2. The maximum absolute atomic E-state index is 12.8. The maximum Gasteiger partial charge on any atom is 0.277 e. The Hall–Kier alpha value is -3.33. The average Bonchev–Trinajstić information content (AvgIpc) is 3.19. The fraction of sp³-hybridized carbons (Fsp3) is 0.238. The van der Waals surface area contributed by atoms with E-state index in [4.69, 9.17) is 13.9 Å². The summed E-state index contributed by atoms with van der Waals surface area (Å²) in [7, 11) is 1.62. The number of methoxy groups -OCH3 is 1. The summed E-state index contributed by atoms with van der Waals surface area (Å²) in [5.74, 6) is 1.44. The van der Waals surface area contributed by atoms with E-state index in [1.54, 1.807) is 32.2 Å². The molecule has 0 saturated carbocycles. The zero-order valence-corrected chi connectivity index (χ0v) is 17.2. The van der Waals surface area contributed by atoms with Crippen LogP contribution in [0, 0.1) is 0 Å². The van der Waals surface area contributed by atoms with Gasteiger partial charge in [0.25, 0.3) is 11.1 Å². The molecule has 1 aliphatic heterocycles. The quantitative estimate of drug-likeness (QED) is 0.454. The van der Waals surface area contributed by atoms with Crippen molar-refractivity contribution in [3.05, 3.63) is 59.5 Å². The smallest absolute Gasteiger partial charge is 0.277 e. The SMILES string of the molecule is COc1ccc(Cc2nnc(SC(C)C(=O)c3ccc4c(c3)NC(=O)CO4)o2)cc1. The molecule has 1 N–H and O–H groups in total. The van der Waals surface area contributed by atoms with E-state index in [1.165, 1.54) is 11.8 Å². The number of ketones is 1. The van der Waals surface area contributed by atoms with Gasteiger partial charge in [0.15, 0.2) is 12.4 Å². The van der Waals surface area contributed by atoms with E-state index in [0.717, 1.165) is 11.3 Å². The lowest BCUT2D eigenvalue weighted by molar-refractivity contribution is -0.118. The first-order valence-electron chi connectivity index (χ1n) is 9.24. The number of nitrogens with zero attached hydrogens (tertiary/aromatic N) is 2. The van der Waals surface area contributed by atoms with Crippen LogP contribution in [-0.2, 0) is 11.2 Å². The van der Waals surface area contributed by atoms with E-state index < -0.39 is 5.25 Å². The Labute approximate surface area is 177 Å². The van der Waals surface area contributed by atoms with Crippen molar-refractivity contribution >= 4 is 29.1 Å². The van der Waals surface area contributed by atoms with Gasteiger partial charge in [0, 0.05) is 5.56 Å². The summed E-state index contributed by atoms with van der Waals surface area (Å²) in [5.41, 5.74) is 1.98. The number of aromatic nitrogens is 2. The van der Waals surface area contributed by atoms with Crippen molar-refractivity contribution in [2.45, 2.75) is 23.8 Å². The Bertz CT molecular complexity index is 1080. The third kappa shape index (κ3) is 4.46. The number of anilines is 1. The molecular weight excluding hydrogens is 406 g/mol. The summed E-state index contributed by atoms with van der Waals surface area (Å²) in [6.45, 7) is 1.75. The van der Waals surface area contributed by atoms with Crippen molar-refractivity contribution < 1.29 is 23.5 Å². The van der Waals surface area contributed by atoms with Crippen LogP contribution in [0.2, 0.25) is 0 Å². The molecule has 154 valence electrons. The minimum atomic E-state index is -0.447. The number of rotatable bonds is 7. The molecule has 4 rings (SSSR count).